The zero-order valence-electron chi connectivity index (χ0n) is 16.7. The molecule has 0 spiro atoms. The smallest absolute Gasteiger partial charge is 0.154 e. The van der Waals surface area contributed by atoms with Gasteiger partial charge in [0, 0.05) is 18.7 Å². The van der Waals surface area contributed by atoms with Gasteiger partial charge in [-0.2, -0.15) is 5.10 Å². The van der Waals surface area contributed by atoms with Crippen molar-refractivity contribution in [3.05, 3.63) is 65.7 Å². The number of benzene rings is 1. The van der Waals surface area contributed by atoms with Crippen LogP contribution in [0.3, 0.4) is 0 Å². The minimum Gasteiger partial charge on any atom is -0.508 e. The molecule has 4 heterocycles. The van der Waals surface area contributed by atoms with Crippen molar-refractivity contribution < 1.29 is 14.6 Å². The minimum absolute atomic E-state index is 0.0317. The number of nitrogens with zero attached hydrogens (tertiary/aromatic N) is 6. The standard InChI is InChI=1S/C22H21FN6O2/c23-15-3-4-20(31)16(11-15)18-2-1-8-28(18)22-6-5-21-24-13-19(29(21)27-22)17-10-14(7-9-30)12-25-26-17/h3-6,10-13,18,30-31H,1-2,7-9H2/t18-/m1/s1. The number of imidazole rings is 1. The first-order chi connectivity index (χ1) is 15.1. The molecular weight excluding hydrogens is 399 g/mol. The molecular formula is C22H21FN6O2. The van der Waals surface area contributed by atoms with Crippen molar-refractivity contribution in [2.45, 2.75) is 25.3 Å². The van der Waals surface area contributed by atoms with Crippen LogP contribution in [0.5, 0.6) is 5.75 Å². The number of fused-ring (bicyclic) bond motifs is 1. The monoisotopic (exact) mass is 420 g/mol. The maximum atomic E-state index is 13.8. The van der Waals surface area contributed by atoms with Gasteiger partial charge in [0.2, 0.25) is 0 Å². The van der Waals surface area contributed by atoms with E-state index >= 15 is 0 Å². The van der Waals surface area contributed by atoms with E-state index in [1.165, 1.54) is 18.2 Å². The van der Waals surface area contributed by atoms with E-state index in [1.807, 2.05) is 18.2 Å². The van der Waals surface area contributed by atoms with E-state index in [2.05, 4.69) is 20.1 Å². The summed E-state index contributed by atoms with van der Waals surface area (Å²) >= 11 is 0. The Hall–Kier alpha value is -3.59. The maximum absolute atomic E-state index is 13.8. The number of phenols is 1. The molecule has 2 N–H and O–H groups in total. The van der Waals surface area contributed by atoms with Crippen LogP contribution in [0.1, 0.15) is 30.0 Å². The molecule has 1 saturated heterocycles. The van der Waals surface area contributed by atoms with Crippen LogP contribution < -0.4 is 4.90 Å². The molecule has 0 saturated carbocycles. The largest absolute Gasteiger partial charge is 0.508 e. The topological polar surface area (TPSA) is 99.7 Å². The highest BCUT2D eigenvalue weighted by Gasteiger charge is 2.30. The molecule has 0 bridgehead atoms. The van der Waals surface area contributed by atoms with Gasteiger partial charge in [0.1, 0.15) is 28.8 Å². The fourth-order valence-corrected chi connectivity index (χ4v) is 4.15. The summed E-state index contributed by atoms with van der Waals surface area (Å²) in [5.74, 6) is 0.414. The van der Waals surface area contributed by atoms with Crippen LogP contribution in [0.25, 0.3) is 17.0 Å². The van der Waals surface area contributed by atoms with E-state index in [4.69, 9.17) is 5.10 Å². The first-order valence-corrected chi connectivity index (χ1v) is 10.2. The quantitative estimate of drug-likeness (QED) is 0.512. The van der Waals surface area contributed by atoms with Crippen LogP contribution in [-0.2, 0) is 6.42 Å². The van der Waals surface area contributed by atoms with Crippen molar-refractivity contribution in [2.75, 3.05) is 18.1 Å². The molecule has 1 atom stereocenters. The second kappa shape index (κ2) is 7.92. The second-order valence-electron chi connectivity index (χ2n) is 7.58. The Bertz CT molecular complexity index is 1240. The summed E-state index contributed by atoms with van der Waals surface area (Å²) in [4.78, 5) is 6.49. The Morgan fingerprint density at radius 1 is 1.13 bits per heavy atom. The van der Waals surface area contributed by atoms with Crippen LogP contribution >= 0.6 is 0 Å². The van der Waals surface area contributed by atoms with E-state index in [9.17, 15) is 14.6 Å². The summed E-state index contributed by atoms with van der Waals surface area (Å²) in [5.41, 5.74) is 3.41. The van der Waals surface area contributed by atoms with Gasteiger partial charge in [0.25, 0.3) is 0 Å². The Morgan fingerprint density at radius 2 is 2.03 bits per heavy atom. The molecule has 0 radical (unpaired) electrons. The zero-order chi connectivity index (χ0) is 21.4. The summed E-state index contributed by atoms with van der Waals surface area (Å²) in [5, 5.41) is 32.5. The molecule has 4 aromatic rings. The molecule has 5 rings (SSSR count). The number of anilines is 1. The maximum Gasteiger partial charge on any atom is 0.154 e. The first-order valence-electron chi connectivity index (χ1n) is 10.2. The molecule has 8 nitrogen and oxygen atoms in total. The fraction of sp³-hybridized carbons (Fsp3) is 0.273. The molecule has 1 aliphatic rings. The average molecular weight is 420 g/mol. The van der Waals surface area contributed by atoms with Gasteiger partial charge in [-0.1, -0.05) is 0 Å². The molecule has 0 unspecified atom stereocenters. The molecule has 3 aromatic heterocycles. The van der Waals surface area contributed by atoms with Crippen molar-refractivity contribution in [3.8, 4) is 17.1 Å². The van der Waals surface area contributed by atoms with E-state index in [0.29, 0.717) is 34.8 Å². The number of phenolic OH excluding ortho intramolecular Hbond substituents is 1. The van der Waals surface area contributed by atoms with Gasteiger partial charge >= 0.3 is 0 Å². The normalized spacial score (nSPS) is 16.3. The van der Waals surface area contributed by atoms with Crippen LogP contribution in [0, 0.1) is 5.82 Å². The molecule has 31 heavy (non-hydrogen) atoms. The molecule has 1 aromatic carbocycles. The predicted octanol–water partition coefficient (Wildman–Crippen LogP) is 2.91. The van der Waals surface area contributed by atoms with Gasteiger partial charge in [0.05, 0.1) is 18.4 Å². The molecule has 0 amide bonds. The number of aromatic hydroxyl groups is 1. The average Bonchev–Trinajstić information content (AvgIpc) is 3.42. The van der Waals surface area contributed by atoms with Gasteiger partial charge in [-0.15, -0.1) is 10.2 Å². The number of rotatable bonds is 5. The van der Waals surface area contributed by atoms with Gasteiger partial charge in [-0.25, -0.2) is 13.9 Å². The molecule has 1 fully saturated rings. The second-order valence-corrected chi connectivity index (χ2v) is 7.58. The number of aromatic nitrogens is 5. The zero-order valence-corrected chi connectivity index (χ0v) is 16.7. The summed E-state index contributed by atoms with van der Waals surface area (Å²) in [6, 6.07) is 9.49. The lowest BCUT2D eigenvalue weighted by Crippen LogP contribution is -2.24. The number of aliphatic hydroxyl groups is 1. The SMILES string of the molecule is OCCc1cnnc(-c2cnc3ccc(N4CCC[C@@H]4c4cc(F)ccc4O)nn23)c1. The fourth-order valence-electron chi connectivity index (χ4n) is 4.15. The third-order valence-electron chi connectivity index (χ3n) is 5.62. The number of hydrogen-bond acceptors (Lipinski definition) is 7. The highest BCUT2D eigenvalue weighted by Crippen LogP contribution is 2.39. The van der Waals surface area contributed by atoms with E-state index in [-0.39, 0.29) is 24.2 Å². The Morgan fingerprint density at radius 3 is 2.90 bits per heavy atom. The third-order valence-corrected chi connectivity index (χ3v) is 5.62. The van der Waals surface area contributed by atoms with Crippen molar-refractivity contribution >= 4 is 11.5 Å². The molecule has 158 valence electrons. The first kappa shape index (κ1) is 19.4. The summed E-state index contributed by atoms with van der Waals surface area (Å²) in [7, 11) is 0. The highest BCUT2D eigenvalue weighted by atomic mass is 19.1. The lowest BCUT2D eigenvalue weighted by atomic mass is 10.0. The Balaban J connectivity index is 1.55. The van der Waals surface area contributed by atoms with Gasteiger partial charge in [-0.3, -0.25) is 0 Å². The number of aliphatic hydroxyl groups excluding tert-OH is 1. The Labute approximate surface area is 177 Å². The van der Waals surface area contributed by atoms with Crippen molar-refractivity contribution in [3.63, 3.8) is 0 Å². The van der Waals surface area contributed by atoms with Gasteiger partial charge in [0.15, 0.2) is 5.65 Å². The van der Waals surface area contributed by atoms with Crippen LogP contribution in [0.2, 0.25) is 0 Å². The van der Waals surface area contributed by atoms with Crippen molar-refractivity contribution in [1.29, 1.82) is 0 Å². The van der Waals surface area contributed by atoms with E-state index < -0.39 is 0 Å². The van der Waals surface area contributed by atoms with Crippen LogP contribution in [-0.4, -0.2) is 48.2 Å². The lowest BCUT2D eigenvalue weighted by molar-refractivity contribution is 0.299. The minimum atomic E-state index is -0.374. The molecule has 1 aliphatic heterocycles. The number of halogens is 1. The van der Waals surface area contributed by atoms with Crippen LogP contribution in [0.15, 0.2) is 48.8 Å². The highest BCUT2D eigenvalue weighted by molar-refractivity contribution is 5.61. The van der Waals surface area contributed by atoms with E-state index in [1.54, 1.807) is 16.9 Å². The lowest BCUT2D eigenvalue weighted by Gasteiger charge is -2.26. The molecule has 0 aliphatic carbocycles. The van der Waals surface area contributed by atoms with Gasteiger partial charge in [-0.05, 0) is 61.2 Å². The van der Waals surface area contributed by atoms with Crippen molar-refractivity contribution in [2.24, 2.45) is 0 Å². The van der Waals surface area contributed by atoms with Crippen molar-refractivity contribution in [1.82, 2.24) is 24.8 Å². The number of hydrogen-bond donors (Lipinski definition) is 2. The predicted molar refractivity (Wildman–Crippen MR) is 112 cm³/mol. The van der Waals surface area contributed by atoms with Gasteiger partial charge < -0.3 is 15.1 Å². The van der Waals surface area contributed by atoms with E-state index in [0.717, 1.165) is 24.9 Å². The molecule has 9 heteroatoms. The Kier molecular flexibility index (Phi) is 4.95. The summed E-state index contributed by atoms with van der Waals surface area (Å²) < 4.78 is 15.5. The van der Waals surface area contributed by atoms with Crippen LogP contribution in [0.4, 0.5) is 10.2 Å². The summed E-state index contributed by atoms with van der Waals surface area (Å²) in [6.07, 6.45) is 5.51. The third kappa shape index (κ3) is 3.57. The summed E-state index contributed by atoms with van der Waals surface area (Å²) in [6.45, 7) is 0.777.